The van der Waals surface area contributed by atoms with E-state index in [-0.39, 0.29) is 37.0 Å². The van der Waals surface area contributed by atoms with Crippen LogP contribution in [-0.2, 0) is 9.59 Å². The molecule has 2 amide bonds. The number of benzene rings is 2. The van der Waals surface area contributed by atoms with Crippen LogP contribution in [0, 0.1) is 5.82 Å². The maximum atomic E-state index is 13.2. The standard InChI is InChI=1S/C22H24FN3O3/c23-18-7-4-8-19(15-18)24-21(28)16-25-11-13-26(14-12-25)22(29)10-9-20(27)17-5-2-1-3-6-17/h1-8,15H,9-14,16H2,(H,24,28). The molecule has 1 N–H and O–H groups in total. The molecule has 0 saturated carbocycles. The van der Waals surface area contributed by atoms with Crippen LogP contribution in [0.3, 0.4) is 0 Å². The Morgan fingerprint density at radius 3 is 2.31 bits per heavy atom. The fraction of sp³-hybridized carbons (Fsp3) is 0.318. The second-order valence-electron chi connectivity index (χ2n) is 7.00. The van der Waals surface area contributed by atoms with Crippen LogP contribution in [0.4, 0.5) is 10.1 Å². The summed E-state index contributed by atoms with van der Waals surface area (Å²) >= 11 is 0. The average molecular weight is 397 g/mol. The van der Waals surface area contributed by atoms with Crippen LogP contribution in [0.25, 0.3) is 0 Å². The maximum absolute atomic E-state index is 13.2. The van der Waals surface area contributed by atoms with Gasteiger partial charge in [0.2, 0.25) is 11.8 Å². The second kappa shape index (κ2) is 9.93. The summed E-state index contributed by atoms with van der Waals surface area (Å²) in [6, 6.07) is 14.7. The number of rotatable bonds is 7. The van der Waals surface area contributed by atoms with Gasteiger partial charge in [0.1, 0.15) is 5.82 Å². The fourth-order valence-corrected chi connectivity index (χ4v) is 3.27. The zero-order valence-electron chi connectivity index (χ0n) is 16.1. The molecule has 0 atom stereocenters. The molecule has 1 aliphatic heterocycles. The third kappa shape index (κ3) is 6.22. The van der Waals surface area contributed by atoms with Crippen LogP contribution in [0.15, 0.2) is 54.6 Å². The van der Waals surface area contributed by atoms with E-state index in [1.54, 1.807) is 35.2 Å². The smallest absolute Gasteiger partial charge is 0.238 e. The van der Waals surface area contributed by atoms with Gasteiger partial charge in [0, 0.05) is 50.3 Å². The molecule has 1 heterocycles. The molecule has 0 aromatic heterocycles. The minimum Gasteiger partial charge on any atom is -0.340 e. The average Bonchev–Trinajstić information content (AvgIpc) is 2.73. The molecule has 2 aromatic rings. The summed E-state index contributed by atoms with van der Waals surface area (Å²) in [6.07, 6.45) is 0.382. The highest BCUT2D eigenvalue weighted by Crippen LogP contribution is 2.11. The molecule has 0 spiro atoms. The molecular weight excluding hydrogens is 373 g/mol. The number of carbonyl (C=O) groups is 3. The molecule has 152 valence electrons. The van der Waals surface area contributed by atoms with Crippen molar-refractivity contribution in [1.82, 2.24) is 9.80 Å². The van der Waals surface area contributed by atoms with Crippen molar-refractivity contribution in [3.05, 3.63) is 66.0 Å². The summed E-state index contributed by atoms with van der Waals surface area (Å²) in [5.74, 6) is -0.700. The minimum absolute atomic E-state index is 0.0356. The highest BCUT2D eigenvalue weighted by atomic mass is 19.1. The summed E-state index contributed by atoms with van der Waals surface area (Å²) in [5, 5.41) is 2.67. The van der Waals surface area contributed by atoms with Gasteiger partial charge in [-0.3, -0.25) is 19.3 Å². The van der Waals surface area contributed by atoms with Crippen molar-refractivity contribution in [3.63, 3.8) is 0 Å². The number of Topliss-reactive ketones (excluding diaryl/α,β-unsaturated/α-hetero) is 1. The first kappa shape index (κ1) is 20.7. The molecule has 3 rings (SSSR count). The number of hydrogen-bond donors (Lipinski definition) is 1. The highest BCUT2D eigenvalue weighted by Gasteiger charge is 2.23. The first-order valence-electron chi connectivity index (χ1n) is 9.65. The number of piperazine rings is 1. The normalized spacial score (nSPS) is 14.4. The summed E-state index contributed by atoms with van der Waals surface area (Å²) in [6.45, 7) is 2.38. The lowest BCUT2D eigenvalue weighted by molar-refractivity contribution is -0.133. The number of amides is 2. The van der Waals surface area contributed by atoms with E-state index in [9.17, 15) is 18.8 Å². The Balaban J connectivity index is 1.38. The van der Waals surface area contributed by atoms with E-state index in [0.717, 1.165) is 0 Å². The molecule has 29 heavy (non-hydrogen) atoms. The lowest BCUT2D eigenvalue weighted by atomic mass is 10.1. The summed E-state index contributed by atoms with van der Waals surface area (Å²) in [5.41, 5.74) is 1.04. The number of carbonyl (C=O) groups excluding carboxylic acids is 3. The van der Waals surface area contributed by atoms with Crippen LogP contribution < -0.4 is 5.32 Å². The van der Waals surface area contributed by atoms with E-state index in [0.29, 0.717) is 37.4 Å². The van der Waals surface area contributed by atoms with Gasteiger partial charge in [0.05, 0.1) is 6.54 Å². The highest BCUT2D eigenvalue weighted by molar-refractivity contribution is 5.98. The molecule has 0 radical (unpaired) electrons. The molecule has 7 heteroatoms. The van der Waals surface area contributed by atoms with E-state index < -0.39 is 5.82 Å². The Morgan fingerprint density at radius 2 is 1.62 bits per heavy atom. The summed E-state index contributed by atoms with van der Waals surface area (Å²) in [7, 11) is 0. The quantitative estimate of drug-likeness (QED) is 0.729. The van der Waals surface area contributed by atoms with Crippen molar-refractivity contribution in [1.29, 1.82) is 0 Å². The fourth-order valence-electron chi connectivity index (χ4n) is 3.27. The van der Waals surface area contributed by atoms with Crippen molar-refractivity contribution >= 4 is 23.3 Å². The van der Waals surface area contributed by atoms with Gasteiger partial charge in [0.25, 0.3) is 0 Å². The lowest BCUT2D eigenvalue weighted by Gasteiger charge is -2.34. The zero-order valence-corrected chi connectivity index (χ0v) is 16.1. The minimum atomic E-state index is -0.402. The second-order valence-corrected chi connectivity index (χ2v) is 7.00. The lowest BCUT2D eigenvalue weighted by Crippen LogP contribution is -2.50. The van der Waals surface area contributed by atoms with Gasteiger partial charge in [-0.05, 0) is 18.2 Å². The van der Waals surface area contributed by atoms with E-state index in [1.165, 1.54) is 18.2 Å². The molecule has 1 aliphatic rings. The SMILES string of the molecule is O=C(CN1CCN(C(=O)CCC(=O)c2ccccc2)CC1)Nc1cccc(F)c1. The Morgan fingerprint density at radius 1 is 0.897 bits per heavy atom. The molecule has 1 saturated heterocycles. The van der Waals surface area contributed by atoms with Gasteiger partial charge in [-0.15, -0.1) is 0 Å². The van der Waals surface area contributed by atoms with Gasteiger partial charge in [0.15, 0.2) is 5.78 Å². The molecule has 0 aliphatic carbocycles. The Labute approximate surface area is 169 Å². The van der Waals surface area contributed by atoms with E-state index in [2.05, 4.69) is 5.32 Å². The van der Waals surface area contributed by atoms with Crippen LogP contribution in [0.5, 0.6) is 0 Å². The van der Waals surface area contributed by atoms with Crippen molar-refractivity contribution in [2.24, 2.45) is 0 Å². The number of ketones is 1. The number of halogens is 1. The van der Waals surface area contributed by atoms with Crippen LogP contribution in [0.1, 0.15) is 23.2 Å². The number of nitrogens with one attached hydrogen (secondary N) is 1. The van der Waals surface area contributed by atoms with E-state index in [1.807, 2.05) is 11.0 Å². The monoisotopic (exact) mass is 397 g/mol. The van der Waals surface area contributed by atoms with E-state index >= 15 is 0 Å². The largest absolute Gasteiger partial charge is 0.340 e. The molecule has 6 nitrogen and oxygen atoms in total. The van der Waals surface area contributed by atoms with Crippen LogP contribution in [0.2, 0.25) is 0 Å². The van der Waals surface area contributed by atoms with Gasteiger partial charge in [-0.1, -0.05) is 36.4 Å². The first-order valence-corrected chi connectivity index (χ1v) is 9.65. The summed E-state index contributed by atoms with van der Waals surface area (Å²) < 4.78 is 13.2. The van der Waals surface area contributed by atoms with E-state index in [4.69, 9.17) is 0 Å². The predicted octanol–water partition coefficient (Wildman–Crippen LogP) is 2.57. The van der Waals surface area contributed by atoms with Crippen molar-refractivity contribution < 1.29 is 18.8 Å². The molecule has 1 fully saturated rings. The Hall–Kier alpha value is -3.06. The molecule has 0 bridgehead atoms. The zero-order chi connectivity index (χ0) is 20.6. The molecule has 0 unspecified atom stereocenters. The predicted molar refractivity (Wildman–Crippen MR) is 108 cm³/mol. The first-order chi connectivity index (χ1) is 14.0. The maximum Gasteiger partial charge on any atom is 0.238 e. The molecular formula is C22H24FN3O3. The van der Waals surface area contributed by atoms with Gasteiger partial charge in [-0.2, -0.15) is 0 Å². The number of anilines is 1. The van der Waals surface area contributed by atoms with Gasteiger partial charge in [-0.25, -0.2) is 4.39 Å². The number of nitrogens with zero attached hydrogens (tertiary/aromatic N) is 2. The van der Waals surface area contributed by atoms with Crippen molar-refractivity contribution in [3.8, 4) is 0 Å². The van der Waals surface area contributed by atoms with Crippen LogP contribution in [-0.4, -0.2) is 60.1 Å². The molecule has 2 aromatic carbocycles. The number of hydrogen-bond acceptors (Lipinski definition) is 4. The Kier molecular flexibility index (Phi) is 7.08. The third-order valence-electron chi connectivity index (χ3n) is 4.86. The summed E-state index contributed by atoms with van der Waals surface area (Å²) in [4.78, 5) is 40.3. The van der Waals surface area contributed by atoms with Crippen molar-refractivity contribution in [2.45, 2.75) is 12.8 Å². The Bertz CT molecular complexity index is 865. The van der Waals surface area contributed by atoms with Gasteiger partial charge < -0.3 is 10.2 Å². The third-order valence-corrected chi connectivity index (χ3v) is 4.86. The van der Waals surface area contributed by atoms with Crippen LogP contribution >= 0.6 is 0 Å². The topological polar surface area (TPSA) is 69.7 Å². The van der Waals surface area contributed by atoms with Gasteiger partial charge >= 0.3 is 0 Å². The van der Waals surface area contributed by atoms with Crippen molar-refractivity contribution in [2.75, 3.05) is 38.0 Å².